The Balaban J connectivity index is 1.44. The van der Waals surface area contributed by atoms with E-state index in [4.69, 9.17) is 9.72 Å². The van der Waals surface area contributed by atoms with E-state index in [2.05, 4.69) is 5.32 Å². The van der Waals surface area contributed by atoms with E-state index in [9.17, 15) is 9.59 Å². The number of ether oxygens (including phenoxy) is 1. The van der Waals surface area contributed by atoms with E-state index in [1.807, 2.05) is 64.4 Å². The number of nitrogens with one attached hydrogen (secondary N) is 1. The SMILES string of the molecule is O=C(CNc1ccccc1)N1CCc2nc3ccccc3c(C(=O)N3CCOCC3)c2C1. The fourth-order valence-electron chi connectivity index (χ4n) is 4.42. The molecule has 0 aliphatic carbocycles. The maximum absolute atomic E-state index is 13.6. The van der Waals surface area contributed by atoms with Gasteiger partial charge in [0, 0.05) is 54.9 Å². The lowest BCUT2D eigenvalue weighted by molar-refractivity contribution is -0.130. The number of hydrogen-bond acceptors (Lipinski definition) is 5. The summed E-state index contributed by atoms with van der Waals surface area (Å²) in [5.74, 6) is 0.0114. The highest BCUT2D eigenvalue weighted by molar-refractivity contribution is 6.08. The van der Waals surface area contributed by atoms with Gasteiger partial charge in [-0.2, -0.15) is 0 Å². The zero-order valence-electron chi connectivity index (χ0n) is 17.9. The van der Waals surface area contributed by atoms with E-state index >= 15 is 0 Å². The molecule has 32 heavy (non-hydrogen) atoms. The van der Waals surface area contributed by atoms with Gasteiger partial charge in [0.15, 0.2) is 0 Å². The number of carbonyl (C=O) groups excluding carboxylic acids is 2. The molecule has 2 aliphatic heterocycles. The molecule has 7 heteroatoms. The second-order valence-corrected chi connectivity index (χ2v) is 8.12. The summed E-state index contributed by atoms with van der Waals surface area (Å²) < 4.78 is 5.43. The van der Waals surface area contributed by atoms with Crippen LogP contribution in [0.5, 0.6) is 0 Å². The van der Waals surface area contributed by atoms with Crippen molar-refractivity contribution < 1.29 is 14.3 Å². The monoisotopic (exact) mass is 430 g/mol. The van der Waals surface area contributed by atoms with Crippen molar-refractivity contribution in [3.05, 3.63) is 71.4 Å². The smallest absolute Gasteiger partial charge is 0.255 e. The number of pyridine rings is 1. The van der Waals surface area contributed by atoms with Crippen LogP contribution in [0.1, 0.15) is 21.6 Å². The molecule has 1 aromatic heterocycles. The van der Waals surface area contributed by atoms with E-state index in [1.54, 1.807) is 0 Å². The Morgan fingerprint density at radius 3 is 2.50 bits per heavy atom. The fraction of sp³-hybridized carbons (Fsp3) is 0.320. The van der Waals surface area contributed by atoms with Gasteiger partial charge in [0.25, 0.3) is 5.91 Å². The number of aromatic nitrogens is 1. The first-order valence-electron chi connectivity index (χ1n) is 11.0. The maximum Gasteiger partial charge on any atom is 0.255 e. The van der Waals surface area contributed by atoms with Crippen LogP contribution >= 0.6 is 0 Å². The molecular formula is C25H26N4O3. The molecule has 0 spiro atoms. The molecule has 1 fully saturated rings. The first-order valence-corrected chi connectivity index (χ1v) is 11.0. The van der Waals surface area contributed by atoms with Gasteiger partial charge in [-0.05, 0) is 18.2 Å². The standard InChI is InChI=1S/C25H26N4O3/c30-23(16-26-18-6-2-1-3-7-18)29-11-10-22-20(17-29)24(19-8-4-5-9-21(19)27-22)25(31)28-12-14-32-15-13-28/h1-9,26H,10-17H2. The fourth-order valence-corrected chi connectivity index (χ4v) is 4.42. The molecule has 0 unspecified atom stereocenters. The van der Waals surface area contributed by atoms with E-state index in [0.29, 0.717) is 51.4 Å². The Bertz CT molecular complexity index is 1140. The van der Waals surface area contributed by atoms with Crippen molar-refractivity contribution >= 4 is 28.4 Å². The molecule has 2 aromatic carbocycles. The summed E-state index contributed by atoms with van der Waals surface area (Å²) in [5, 5.41) is 4.04. The molecule has 3 aromatic rings. The zero-order valence-corrected chi connectivity index (χ0v) is 17.9. The number of hydrogen-bond donors (Lipinski definition) is 1. The number of amides is 2. The van der Waals surface area contributed by atoms with Crippen LogP contribution in [0, 0.1) is 0 Å². The average molecular weight is 431 g/mol. The third-order valence-electron chi connectivity index (χ3n) is 6.13. The Labute approximate surface area is 187 Å². The van der Waals surface area contributed by atoms with Gasteiger partial charge in [0.05, 0.1) is 30.8 Å². The summed E-state index contributed by atoms with van der Waals surface area (Å²) in [7, 11) is 0. The number of nitrogens with zero attached hydrogens (tertiary/aromatic N) is 3. The number of fused-ring (bicyclic) bond motifs is 2. The van der Waals surface area contributed by atoms with Gasteiger partial charge >= 0.3 is 0 Å². The van der Waals surface area contributed by atoms with Gasteiger partial charge < -0.3 is 19.9 Å². The number of benzene rings is 2. The molecule has 0 saturated carbocycles. The van der Waals surface area contributed by atoms with Crippen molar-refractivity contribution in [2.45, 2.75) is 13.0 Å². The van der Waals surface area contributed by atoms with Crippen molar-refractivity contribution in [3.8, 4) is 0 Å². The van der Waals surface area contributed by atoms with Crippen molar-refractivity contribution in [1.82, 2.24) is 14.8 Å². The number of morpholine rings is 1. The number of anilines is 1. The highest BCUT2D eigenvalue weighted by atomic mass is 16.5. The Morgan fingerprint density at radius 1 is 0.938 bits per heavy atom. The molecule has 2 aliphatic rings. The Morgan fingerprint density at radius 2 is 1.69 bits per heavy atom. The lowest BCUT2D eigenvalue weighted by Gasteiger charge is -2.32. The van der Waals surface area contributed by atoms with E-state index in [-0.39, 0.29) is 18.4 Å². The molecule has 2 amide bonds. The molecule has 1 N–H and O–H groups in total. The third kappa shape index (κ3) is 4.03. The van der Waals surface area contributed by atoms with Crippen LogP contribution in [-0.2, 0) is 22.5 Å². The third-order valence-corrected chi connectivity index (χ3v) is 6.13. The summed E-state index contributed by atoms with van der Waals surface area (Å²) >= 11 is 0. The molecular weight excluding hydrogens is 404 g/mol. The topological polar surface area (TPSA) is 74.8 Å². The van der Waals surface area contributed by atoms with E-state index in [1.165, 1.54) is 0 Å². The molecule has 0 radical (unpaired) electrons. The molecule has 0 bridgehead atoms. The lowest BCUT2D eigenvalue weighted by Crippen LogP contribution is -2.43. The molecule has 3 heterocycles. The lowest BCUT2D eigenvalue weighted by atomic mass is 9.94. The zero-order chi connectivity index (χ0) is 21.9. The van der Waals surface area contributed by atoms with Crippen molar-refractivity contribution in [2.24, 2.45) is 0 Å². The highest BCUT2D eigenvalue weighted by Crippen LogP contribution is 2.29. The summed E-state index contributed by atoms with van der Waals surface area (Å²) in [4.78, 5) is 35.1. The largest absolute Gasteiger partial charge is 0.378 e. The summed E-state index contributed by atoms with van der Waals surface area (Å²) in [5.41, 5.74) is 4.21. The average Bonchev–Trinajstić information content (AvgIpc) is 2.86. The van der Waals surface area contributed by atoms with Gasteiger partial charge in [-0.25, -0.2) is 0 Å². The Hall–Kier alpha value is -3.45. The Kier molecular flexibility index (Phi) is 5.73. The highest BCUT2D eigenvalue weighted by Gasteiger charge is 2.30. The minimum absolute atomic E-state index is 0.000130. The van der Waals surface area contributed by atoms with Gasteiger partial charge in [-0.15, -0.1) is 0 Å². The first kappa shape index (κ1) is 20.5. The maximum atomic E-state index is 13.6. The molecule has 7 nitrogen and oxygen atoms in total. The number of carbonyl (C=O) groups is 2. The second-order valence-electron chi connectivity index (χ2n) is 8.12. The molecule has 5 rings (SSSR count). The van der Waals surface area contributed by atoms with Crippen molar-refractivity contribution in [2.75, 3.05) is 44.7 Å². The minimum Gasteiger partial charge on any atom is -0.378 e. The van der Waals surface area contributed by atoms with Gasteiger partial charge in [-0.3, -0.25) is 14.6 Å². The molecule has 164 valence electrons. The summed E-state index contributed by atoms with van der Waals surface area (Å²) in [6.07, 6.45) is 0.640. The first-order chi connectivity index (χ1) is 15.7. The van der Waals surface area contributed by atoms with Crippen molar-refractivity contribution in [3.63, 3.8) is 0 Å². The van der Waals surface area contributed by atoms with Gasteiger partial charge in [0.1, 0.15) is 0 Å². The van der Waals surface area contributed by atoms with Gasteiger partial charge in [-0.1, -0.05) is 36.4 Å². The van der Waals surface area contributed by atoms with Crippen LogP contribution in [0.25, 0.3) is 10.9 Å². The van der Waals surface area contributed by atoms with Crippen LogP contribution < -0.4 is 5.32 Å². The van der Waals surface area contributed by atoms with Crippen molar-refractivity contribution in [1.29, 1.82) is 0 Å². The van der Waals surface area contributed by atoms with E-state index in [0.717, 1.165) is 27.8 Å². The van der Waals surface area contributed by atoms with Crippen LogP contribution in [0.3, 0.4) is 0 Å². The van der Waals surface area contributed by atoms with Crippen LogP contribution in [0.4, 0.5) is 5.69 Å². The summed E-state index contributed by atoms with van der Waals surface area (Å²) in [6.45, 7) is 3.46. The van der Waals surface area contributed by atoms with Gasteiger partial charge in [0.2, 0.25) is 5.91 Å². The van der Waals surface area contributed by atoms with E-state index < -0.39 is 0 Å². The predicted molar refractivity (Wildman–Crippen MR) is 123 cm³/mol. The van der Waals surface area contributed by atoms with Crippen LogP contribution in [0.2, 0.25) is 0 Å². The minimum atomic E-state index is -0.000130. The second kappa shape index (κ2) is 8.96. The normalized spacial score (nSPS) is 16.0. The summed E-state index contributed by atoms with van der Waals surface area (Å²) in [6, 6.07) is 17.5. The number of para-hydroxylation sites is 2. The predicted octanol–water partition coefficient (Wildman–Crippen LogP) is 2.70. The molecule has 0 atom stereocenters. The number of rotatable bonds is 4. The van der Waals surface area contributed by atoms with Crippen LogP contribution in [0.15, 0.2) is 54.6 Å². The van der Waals surface area contributed by atoms with Crippen LogP contribution in [-0.4, -0.2) is 66.0 Å². The quantitative estimate of drug-likeness (QED) is 0.689. The molecule has 1 saturated heterocycles.